The minimum Gasteiger partial charge on any atom is -0.352 e. The number of carbonyl (C=O) groups is 1. The quantitative estimate of drug-likeness (QED) is 0.655. The first-order chi connectivity index (χ1) is 6.77. The van der Waals surface area contributed by atoms with Gasteiger partial charge in [0, 0.05) is 0 Å². The molecule has 2 rings (SSSR count). The summed E-state index contributed by atoms with van der Waals surface area (Å²) in [5, 5.41) is 4.89. The zero-order chi connectivity index (χ0) is 9.97. The van der Waals surface area contributed by atoms with Crippen molar-refractivity contribution < 1.29 is 4.79 Å². The molecule has 72 valence electrons. The van der Waals surface area contributed by atoms with Gasteiger partial charge in [-0.1, -0.05) is 18.2 Å². The Kier molecular flexibility index (Phi) is 2.32. The third-order valence-electron chi connectivity index (χ3n) is 1.85. The molecule has 0 aliphatic carbocycles. The summed E-state index contributed by atoms with van der Waals surface area (Å²) >= 11 is 5.06. The van der Waals surface area contributed by atoms with E-state index < -0.39 is 0 Å². The van der Waals surface area contributed by atoms with Crippen LogP contribution in [0.1, 0.15) is 0 Å². The van der Waals surface area contributed by atoms with Crippen LogP contribution in [0, 0.1) is 0 Å². The first-order valence-electron chi connectivity index (χ1n) is 4.20. The van der Waals surface area contributed by atoms with Crippen LogP contribution in [-0.2, 0) is 4.79 Å². The summed E-state index contributed by atoms with van der Waals surface area (Å²) in [7, 11) is 0. The van der Waals surface area contributed by atoms with Crippen LogP contribution in [0.25, 0.3) is 0 Å². The van der Waals surface area contributed by atoms with Crippen LogP contribution < -0.4 is 15.8 Å². The molecule has 0 saturated carbocycles. The van der Waals surface area contributed by atoms with E-state index >= 15 is 0 Å². The van der Waals surface area contributed by atoms with Gasteiger partial charge in [-0.15, -0.1) is 0 Å². The molecule has 1 amide bonds. The second-order valence-electron chi connectivity index (χ2n) is 2.86. The second kappa shape index (κ2) is 3.63. The van der Waals surface area contributed by atoms with Gasteiger partial charge in [0.15, 0.2) is 5.11 Å². The number of hydrazine groups is 1. The summed E-state index contributed by atoms with van der Waals surface area (Å²) in [6, 6.07) is 9.43. The Bertz CT molecular complexity index is 366. The summed E-state index contributed by atoms with van der Waals surface area (Å²) in [6.07, 6.45) is 0. The van der Waals surface area contributed by atoms with Gasteiger partial charge in [-0.2, -0.15) is 0 Å². The zero-order valence-corrected chi connectivity index (χ0v) is 8.17. The minimum atomic E-state index is -0.0950. The molecule has 1 aliphatic rings. The lowest BCUT2D eigenvalue weighted by Crippen LogP contribution is -2.59. The molecule has 1 fully saturated rings. The first kappa shape index (κ1) is 8.96. The highest BCUT2D eigenvalue weighted by Crippen LogP contribution is 2.11. The van der Waals surface area contributed by atoms with E-state index in [0.29, 0.717) is 5.11 Å². The maximum absolute atomic E-state index is 11.1. The predicted molar refractivity (Wildman–Crippen MR) is 57.7 cm³/mol. The first-order valence-corrected chi connectivity index (χ1v) is 4.61. The Morgan fingerprint density at radius 3 is 2.71 bits per heavy atom. The minimum absolute atomic E-state index is 0.0950. The van der Waals surface area contributed by atoms with Crippen molar-refractivity contribution in [2.75, 3.05) is 11.6 Å². The Hall–Kier alpha value is -1.62. The molecule has 1 aromatic rings. The van der Waals surface area contributed by atoms with E-state index in [1.54, 1.807) is 5.01 Å². The van der Waals surface area contributed by atoms with Crippen LogP contribution in [0.2, 0.25) is 0 Å². The van der Waals surface area contributed by atoms with Crippen molar-refractivity contribution in [2.24, 2.45) is 0 Å². The Balaban J connectivity index is 2.24. The number of nitrogens with zero attached hydrogens (tertiary/aromatic N) is 1. The fourth-order valence-electron chi connectivity index (χ4n) is 1.21. The molecule has 4 nitrogen and oxygen atoms in total. The van der Waals surface area contributed by atoms with Crippen molar-refractivity contribution in [1.29, 1.82) is 0 Å². The standard InChI is InChI=1S/C9H9N3OS/c13-8-6-10-9(14)12(11-8)7-4-2-1-3-5-7/h1-5H,6H2,(H,10,14)(H,11,13). The normalized spacial score (nSPS) is 16.1. The summed E-state index contributed by atoms with van der Waals surface area (Å²) in [4.78, 5) is 11.1. The highest BCUT2D eigenvalue weighted by molar-refractivity contribution is 7.80. The van der Waals surface area contributed by atoms with E-state index in [0.717, 1.165) is 5.69 Å². The molecule has 1 saturated heterocycles. The SMILES string of the molecule is O=C1CNC(=S)N(c2ccccc2)N1. The Morgan fingerprint density at radius 1 is 1.29 bits per heavy atom. The number of hydrogen-bond acceptors (Lipinski definition) is 2. The van der Waals surface area contributed by atoms with E-state index in [-0.39, 0.29) is 12.5 Å². The van der Waals surface area contributed by atoms with E-state index in [9.17, 15) is 4.79 Å². The van der Waals surface area contributed by atoms with Crippen LogP contribution in [0.15, 0.2) is 30.3 Å². The largest absolute Gasteiger partial charge is 0.352 e. The molecule has 1 aromatic carbocycles. The van der Waals surface area contributed by atoms with E-state index in [2.05, 4.69) is 10.7 Å². The number of hydrogen-bond donors (Lipinski definition) is 2. The summed E-state index contributed by atoms with van der Waals surface area (Å²) in [6.45, 7) is 0.238. The van der Waals surface area contributed by atoms with Gasteiger partial charge in [0.05, 0.1) is 12.2 Å². The topological polar surface area (TPSA) is 44.4 Å². The second-order valence-corrected chi connectivity index (χ2v) is 3.25. The van der Waals surface area contributed by atoms with Gasteiger partial charge in [-0.05, 0) is 24.4 Å². The average Bonchev–Trinajstić information content (AvgIpc) is 2.23. The number of anilines is 1. The van der Waals surface area contributed by atoms with Gasteiger partial charge in [0.2, 0.25) is 0 Å². The Morgan fingerprint density at radius 2 is 2.00 bits per heavy atom. The zero-order valence-electron chi connectivity index (χ0n) is 7.36. The maximum atomic E-state index is 11.1. The molecule has 0 bridgehead atoms. The lowest BCUT2D eigenvalue weighted by atomic mass is 10.3. The summed E-state index contributed by atoms with van der Waals surface area (Å²) in [5.74, 6) is -0.0950. The highest BCUT2D eigenvalue weighted by Gasteiger charge is 2.19. The lowest BCUT2D eigenvalue weighted by molar-refractivity contribution is -0.120. The fourth-order valence-corrected chi connectivity index (χ4v) is 1.43. The molecule has 14 heavy (non-hydrogen) atoms. The molecule has 2 N–H and O–H groups in total. The van der Waals surface area contributed by atoms with Crippen LogP contribution >= 0.6 is 12.2 Å². The van der Waals surface area contributed by atoms with Crippen molar-refractivity contribution in [3.63, 3.8) is 0 Å². The van der Waals surface area contributed by atoms with Crippen molar-refractivity contribution in [3.8, 4) is 0 Å². The van der Waals surface area contributed by atoms with Crippen molar-refractivity contribution in [1.82, 2.24) is 10.7 Å². The fraction of sp³-hybridized carbons (Fsp3) is 0.111. The Labute approximate surface area is 86.9 Å². The van der Waals surface area contributed by atoms with Gasteiger partial charge in [0.1, 0.15) is 0 Å². The highest BCUT2D eigenvalue weighted by atomic mass is 32.1. The van der Waals surface area contributed by atoms with Crippen LogP contribution in [0.4, 0.5) is 5.69 Å². The number of benzene rings is 1. The van der Waals surface area contributed by atoms with Gasteiger partial charge < -0.3 is 5.32 Å². The molecular formula is C9H9N3OS. The number of amides is 1. The number of para-hydroxylation sites is 1. The molecule has 5 heteroatoms. The molecule has 1 aliphatic heterocycles. The smallest absolute Gasteiger partial charge is 0.258 e. The van der Waals surface area contributed by atoms with Gasteiger partial charge in [-0.25, -0.2) is 5.01 Å². The van der Waals surface area contributed by atoms with E-state index in [1.165, 1.54) is 0 Å². The van der Waals surface area contributed by atoms with Gasteiger partial charge in [0.25, 0.3) is 5.91 Å². The third kappa shape index (κ3) is 1.67. The number of rotatable bonds is 1. The number of thiocarbonyl (C=S) groups is 1. The van der Waals surface area contributed by atoms with Crippen molar-refractivity contribution >= 4 is 28.9 Å². The third-order valence-corrected chi connectivity index (χ3v) is 2.18. The van der Waals surface area contributed by atoms with Crippen molar-refractivity contribution in [2.45, 2.75) is 0 Å². The van der Waals surface area contributed by atoms with Gasteiger partial charge >= 0.3 is 0 Å². The average molecular weight is 207 g/mol. The number of nitrogens with one attached hydrogen (secondary N) is 2. The molecule has 0 radical (unpaired) electrons. The maximum Gasteiger partial charge on any atom is 0.258 e. The van der Waals surface area contributed by atoms with Crippen LogP contribution in [0.3, 0.4) is 0 Å². The molecule has 1 heterocycles. The monoisotopic (exact) mass is 207 g/mol. The van der Waals surface area contributed by atoms with Crippen LogP contribution in [0.5, 0.6) is 0 Å². The van der Waals surface area contributed by atoms with Gasteiger partial charge in [-0.3, -0.25) is 10.2 Å². The molecule has 0 unspecified atom stereocenters. The van der Waals surface area contributed by atoms with Crippen molar-refractivity contribution in [3.05, 3.63) is 30.3 Å². The molecule has 0 atom stereocenters. The summed E-state index contributed by atoms with van der Waals surface area (Å²) in [5.41, 5.74) is 3.52. The molecular weight excluding hydrogens is 198 g/mol. The summed E-state index contributed by atoms with van der Waals surface area (Å²) < 4.78 is 0. The number of carbonyl (C=O) groups excluding carboxylic acids is 1. The molecule has 0 aromatic heterocycles. The van der Waals surface area contributed by atoms with E-state index in [1.807, 2.05) is 30.3 Å². The predicted octanol–water partition coefficient (Wildman–Crippen LogP) is 0.412. The lowest BCUT2D eigenvalue weighted by Gasteiger charge is -2.30. The van der Waals surface area contributed by atoms with E-state index in [4.69, 9.17) is 12.2 Å². The van der Waals surface area contributed by atoms with Crippen LogP contribution in [-0.4, -0.2) is 17.6 Å². The molecule has 0 spiro atoms.